The summed E-state index contributed by atoms with van der Waals surface area (Å²) in [6.07, 6.45) is 14.0. The molecule has 0 spiro atoms. The van der Waals surface area contributed by atoms with Gasteiger partial charge in [-0.3, -0.25) is 0 Å². The largest absolute Gasteiger partial charge is 0.122 e. The van der Waals surface area contributed by atoms with E-state index < -0.39 is 0 Å². The van der Waals surface area contributed by atoms with Gasteiger partial charge in [0.2, 0.25) is 0 Å². The highest BCUT2D eigenvalue weighted by molar-refractivity contribution is 6.21. The SMILES string of the molecule is Cl[C@H]1CCC[C@H]2CCC3=C(C=CCC3)[C@H]21. The third-order valence-electron chi connectivity index (χ3n) is 4.45. The molecule has 0 unspecified atom stereocenters. The monoisotopic (exact) mass is 222 g/mol. The van der Waals surface area contributed by atoms with Gasteiger partial charge in [-0.15, -0.1) is 11.6 Å². The van der Waals surface area contributed by atoms with Crippen LogP contribution in [0.25, 0.3) is 0 Å². The van der Waals surface area contributed by atoms with Crippen LogP contribution in [0.4, 0.5) is 0 Å². The molecule has 3 aliphatic rings. The molecule has 1 fully saturated rings. The van der Waals surface area contributed by atoms with Crippen LogP contribution >= 0.6 is 11.6 Å². The number of allylic oxidation sites excluding steroid dienone is 4. The van der Waals surface area contributed by atoms with E-state index >= 15 is 0 Å². The fourth-order valence-electron chi connectivity index (χ4n) is 3.71. The number of fused-ring (bicyclic) bond motifs is 2. The Hall–Kier alpha value is -0.230. The van der Waals surface area contributed by atoms with Crippen LogP contribution in [0, 0.1) is 11.8 Å². The molecule has 0 amide bonds. The Morgan fingerprint density at radius 1 is 1.13 bits per heavy atom. The number of hydrogen-bond acceptors (Lipinski definition) is 0. The molecular formula is C14H19Cl. The molecule has 15 heavy (non-hydrogen) atoms. The summed E-state index contributed by atoms with van der Waals surface area (Å²) in [5.41, 5.74) is 3.36. The van der Waals surface area contributed by atoms with Crippen molar-refractivity contribution in [2.45, 2.75) is 50.3 Å². The van der Waals surface area contributed by atoms with Crippen molar-refractivity contribution in [3.8, 4) is 0 Å². The molecule has 1 saturated carbocycles. The smallest absolute Gasteiger partial charge is 0.0407 e. The fourth-order valence-corrected chi connectivity index (χ4v) is 4.20. The zero-order valence-corrected chi connectivity index (χ0v) is 9.97. The molecule has 0 aromatic rings. The summed E-state index contributed by atoms with van der Waals surface area (Å²) >= 11 is 6.54. The summed E-state index contributed by atoms with van der Waals surface area (Å²) in [7, 11) is 0. The second kappa shape index (κ2) is 3.97. The second-order valence-electron chi connectivity index (χ2n) is 5.27. The number of halogens is 1. The lowest BCUT2D eigenvalue weighted by atomic mass is 9.66. The lowest BCUT2D eigenvalue weighted by Gasteiger charge is -2.41. The van der Waals surface area contributed by atoms with Gasteiger partial charge in [0.1, 0.15) is 0 Å². The van der Waals surface area contributed by atoms with Crippen LogP contribution in [0.1, 0.15) is 44.9 Å². The van der Waals surface area contributed by atoms with Crippen LogP contribution in [0.15, 0.2) is 23.3 Å². The molecule has 0 aromatic carbocycles. The molecular weight excluding hydrogens is 204 g/mol. The third kappa shape index (κ3) is 1.67. The summed E-state index contributed by atoms with van der Waals surface area (Å²) < 4.78 is 0. The quantitative estimate of drug-likeness (QED) is 0.532. The lowest BCUT2D eigenvalue weighted by Crippen LogP contribution is -2.33. The van der Waals surface area contributed by atoms with Crippen molar-refractivity contribution in [2.24, 2.45) is 11.8 Å². The van der Waals surface area contributed by atoms with Gasteiger partial charge in [0, 0.05) is 11.3 Å². The van der Waals surface area contributed by atoms with Gasteiger partial charge in [-0.05, 0) is 50.0 Å². The predicted molar refractivity (Wildman–Crippen MR) is 65.1 cm³/mol. The van der Waals surface area contributed by atoms with Gasteiger partial charge >= 0.3 is 0 Å². The Labute approximate surface area is 97.4 Å². The molecule has 0 nitrogen and oxygen atoms in total. The first-order valence-electron chi connectivity index (χ1n) is 6.39. The van der Waals surface area contributed by atoms with Crippen LogP contribution < -0.4 is 0 Å². The van der Waals surface area contributed by atoms with E-state index in [0.717, 1.165) is 5.92 Å². The van der Waals surface area contributed by atoms with E-state index in [4.69, 9.17) is 11.6 Å². The van der Waals surface area contributed by atoms with Gasteiger partial charge in [-0.25, -0.2) is 0 Å². The van der Waals surface area contributed by atoms with Crippen molar-refractivity contribution in [1.29, 1.82) is 0 Å². The number of rotatable bonds is 0. The van der Waals surface area contributed by atoms with Crippen LogP contribution in [0.2, 0.25) is 0 Å². The first-order valence-corrected chi connectivity index (χ1v) is 6.82. The summed E-state index contributed by atoms with van der Waals surface area (Å²) in [4.78, 5) is 0. The molecule has 3 atom stereocenters. The standard InChI is InChI=1S/C14H19Cl/c15-13-7-3-5-11-9-8-10-4-1-2-6-12(10)14(11)13/h2,6,11,13-14H,1,3-5,7-9H2/t11-,13-,14-/m0/s1. The van der Waals surface area contributed by atoms with Crippen molar-refractivity contribution < 1.29 is 0 Å². The second-order valence-corrected chi connectivity index (χ2v) is 5.83. The highest BCUT2D eigenvalue weighted by atomic mass is 35.5. The molecule has 0 radical (unpaired) electrons. The zero-order valence-electron chi connectivity index (χ0n) is 9.21. The van der Waals surface area contributed by atoms with E-state index in [9.17, 15) is 0 Å². The van der Waals surface area contributed by atoms with E-state index in [2.05, 4.69) is 12.2 Å². The topological polar surface area (TPSA) is 0 Å². The van der Waals surface area contributed by atoms with Gasteiger partial charge in [0.15, 0.2) is 0 Å². The van der Waals surface area contributed by atoms with E-state index in [-0.39, 0.29) is 0 Å². The van der Waals surface area contributed by atoms with Crippen molar-refractivity contribution in [2.75, 3.05) is 0 Å². The van der Waals surface area contributed by atoms with Gasteiger partial charge in [-0.1, -0.05) is 24.1 Å². The summed E-state index contributed by atoms with van der Waals surface area (Å²) in [5, 5.41) is 0.414. The minimum atomic E-state index is 0.414. The van der Waals surface area contributed by atoms with Gasteiger partial charge in [-0.2, -0.15) is 0 Å². The van der Waals surface area contributed by atoms with E-state index in [1.807, 2.05) is 0 Å². The van der Waals surface area contributed by atoms with Crippen molar-refractivity contribution in [1.82, 2.24) is 0 Å². The summed E-state index contributed by atoms with van der Waals surface area (Å²) in [6, 6.07) is 0. The maximum atomic E-state index is 6.54. The Bertz CT molecular complexity index is 313. The normalized spacial score (nSPS) is 39.9. The lowest BCUT2D eigenvalue weighted by molar-refractivity contribution is 0.248. The van der Waals surface area contributed by atoms with Gasteiger partial charge < -0.3 is 0 Å². The number of alkyl halides is 1. The minimum Gasteiger partial charge on any atom is -0.122 e. The molecule has 0 N–H and O–H groups in total. The molecule has 0 aliphatic heterocycles. The zero-order chi connectivity index (χ0) is 10.3. The Balaban J connectivity index is 1.95. The molecule has 3 aliphatic carbocycles. The molecule has 82 valence electrons. The highest BCUT2D eigenvalue weighted by Gasteiger charge is 2.37. The van der Waals surface area contributed by atoms with Gasteiger partial charge in [0.25, 0.3) is 0 Å². The molecule has 0 bridgehead atoms. The van der Waals surface area contributed by atoms with Crippen LogP contribution in [-0.4, -0.2) is 5.38 Å². The third-order valence-corrected chi connectivity index (χ3v) is 4.94. The number of hydrogen-bond donors (Lipinski definition) is 0. The average molecular weight is 223 g/mol. The Morgan fingerprint density at radius 2 is 2.07 bits per heavy atom. The summed E-state index contributed by atoms with van der Waals surface area (Å²) in [5.74, 6) is 1.59. The Morgan fingerprint density at radius 3 is 3.00 bits per heavy atom. The molecule has 3 rings (SSSR count). The van der Waals surface area contributed by atoms with Crippen LogP contribution in [-0.2, 0) is 0 Å². The van der Waals surface area contributed by atoms with Crippen molar-refractivity contribution in [3.63, 3.8) is 0 Å². The first-order chi connectivity index (χ1) is 7.36. The predicted octanol–water partition coefficient (Wildman–Crippen LogP) is 4.45. The van der Waals surface area contributed by atoms with Crippen LogP contribution in [0.3, 0.4) is 0 Å². The highest BCUT2D eigenvalue weighted by Crippen LogP contribution is 2.47. The maximum Gasteiger partial charge on any atom is 0.0407 e. The molecule has 1 heteroatoms. The molecule has 0 aromatic heterocycles. The van der Waals surface area contributed by atoms with E-state index in [0.29, 0.717) is 11.3 Å². The van der Waals surface area contributed by atoms with Gasteiger partial charge in [0.05, 0.1) is 0 Å². The summed E-state index contributed by atoms with van der Waals surface area (Å²) in [6.45, 7) is 0. The molecule has 0 saturated heterocycles. The first kappa shape index (κ1) is 9.96. The van der Waals surface area contributed by atoms with E-state index in [1.165, 1.54) is 44.9 Å². The fraction of sp³-hybridized carbons (Fsp3) is 0.714. The molecule has 0 heterocycles. The average Bonchev–Trinajstić information content (AvgIpc) is 2.29. The van der Waals surface area contributed by atoms with Crippen molar-refractivity contribution >= 4 is 11.6 Å². The minimum absolute atomic E-state index is 0.414. The maximum absolute atomic E-state index is 6.54. The van der Waals surface area contributed by atoms with Crippen LogP contribution in [0.5, 0.6) is 0 Å². The van der Waals surface area contributed by atoms with Crippen molar-refractivity contribution in [3.05, 3.63) is 23.3 Å². The Kier molecular flexibility index (Phi) is 2.64. The van der Waals surface area contributed by atoms with E-state index in [1.54, 1.807) is 11.1 Å².